The molecule has 0 aromatic rings. The van der Waals surface area contributed by atoms with Gasteiger partial charge in [-0.2, -0.15) is 5.26 Å². The highest BCUT2D eigenvalue weighted by atomic mass is 16.5. The van der Waals surface area contributed by atoms with Gasteiger partial charge >= 0.3 is 0 Å². The van der Waals surface area contributed by atoms with E-state index in [0.29, 0.717) is 24.7 Å². The van der Waals surface area contributed by atoms with Crippen molar-refractivity contribution < 1.29 is 4.74 Å². The van der Waals surface area contributed by atoms with Crippen LogP contribution in [-0.4, -0.2) is 36.7 Å². The summed E-state index contributed by atoms with van der Waals surface area (Å²) in [4.78, 5) is 2.47. The zero-order chi connectivity index (χ0) is 12.1. The Morgan fingerprint density at radius 1 is 1.12 bits per heavy atom. The quantitative estimate of drug-likeness (QED) is 0.704. The molecule has 96 valence electrons. The number of nitriles is 1. The predicted octanol–water partition coefficient (Wildman–Crippen LogP) is 2.71. The van der Waals surface area contributed by atoms with E-state index in [1.54, 1.807) is 0 Å². The maximum Gasteiger partial charge on any atom is 0.0870 e. The topological polar surface area (TPSA) is 36.3 Å². The van der Waals surface area contributed by atoms with Gasteiger partial charge in [0, 0.05) is 19.2 Å². The molecule has 2 atom stereocenters. The summed E-state index contributed by atoms with van der Waals surface area (Å²) >= 11 is 0. The van der Waals surface area contributed by atoms with Gasteiger partial charge in [0.2, 0.25) is 0 Å². The lowest BCUT2D eigenvalue weighted by Crippen LogP contribution is -2.45. The second-order valence-electron chi connectivity index (χ2n) is 5.45. The fourth-order valence-electron chi connectivity index (χ4n) is 3.51. The van der Waals surface area contributed by atoms with Crippen LogP contribution >= 0.6 is 0 Å². The molecular formula is C14H24N2O. The monoisotopic (exact) mass is 236 g/mol. The highest BCUT2D eigenvalue weighted by molar-refractivity contribution is 4.91. The molecule has 0 bridgehead atoms. The van der Waals surface area contributed by atoms with Gasteiger partial charge in [-0.15, -0.1) is 0 Å². The summed E-state index contributed by atoms with van der Waals surface area (Å²) in [6.45, 7) is 0.603. The van der Waals surface area contributed by atoms with Crippen molar-refractivity contribution in [1.82, 2.24) is 4.90 Å². The summed E-state index contributed by atoms with van der Waals surface area (Å²) in [5.41, 5.74) is 0. The number of methoxy groups -OCH3 is 1. The fraction of sp³-hybridized carbons (Fsp3) is 0.929. The maximum absolute atomic E-state index is 9.03. The summed E-state index contributed by atoms with van der Waals surface area (Å²) in [6.07, 6.45) is 10.5. The van der Waals surface area contributed by atoms with Crippen molar-refractivity contribution in [2.24, 2.45) is 0 Å². The lowest BCUT2D eigenvalue weighted by molar-refractivity contribution is 0.0196. The van der Waals surface area contributed by atoms with Crippen LogP contribution in [-0.2, 0) is 4.74 Å². The average molecular weight is 236 g/mol. The summed E-state index contributed by atoms with van der Waals surface area (Å²) in [6, 6.07) is 3.60. The minimum absolute atomic E-state index is 0.413. The van der Waals surface area contributed by atoms with Gasteiger partial charge in [0.25, 0.3) is 0 Å². The van der Waals surface area contributed by atoms with E-state index in [1.165, 1.54) is 44.9 Å². The summed E-state index contributed by atoms with van der Waals surface area (Å²) < 4.78 is 5.50. The number of ether oxygens (including phenoxy) is 1. The molecule has 0 radical (unpaired) electrons. The predicted molar refractivity (Wildman–Crippen MR) is 67.6 cm³/mol. The van der Waals surface area contributed by atoms with Crippen LogP contribution in [0.1, 0.15) is 51.4 Å². The molecule has 0 heterocycles. The van der Waals surface area contributed by atoms with Gasteiger partial charge in [-0.05, 0) is 38.5 Å². The van der Waals surface area contributed by atoms with Gasteiger partial charge in [0.05, 0.1) is 18.7 Å². The number of nitrogens with zero attached hydrogens (tertiary/aromatic N) is 2. The molecular weight excluding hydrogens is 212 g/mol. The number of hydrogen-bond acceptors (Lipinski definition) is 3. The zero-order valence-electron chi connectivity index (χ0n) is 10.9. The van der Waals surface area contributed by atoms with E-state index >= 15 is 0 Å². The van der Waals surface area contributed by atoms with Crippen LogP contribution < -0.4 is 0 Å². The Balaban J connectivity index is 1.96. The van der Waals surface area contributed by atoms with Crippen LogP contribution in [0.3, 0.4) is 0 Å². The molecule has 2 aliphatic carbocycles. The molecule has 0 aliphatic heterocycles. The highest BCUT2D eigenvalue weighted by Crippen LogP contribution is 2.31. The second-order valence-corrected chi connectivity index (χ2v) is 5.45. The second kappa shape index (κ2) is 6.37. The van der Waals surface area contributed by atoms with Crippen molar-refractivity contribution in [2.75, 3.05) is 13.7 Å². The highest BCUT2D eigenvalue weighted by Gasteiger charge is 2.32. The minimum Gasteiger partial charge on any atom is -0.381 e. The summed E-state index contributed by atoms with van der Waals surface area (Å²) in [5.74, 6) is 0. The van der Waals surface area contributed by atoms with Crippen molar-refractivity contribution in [3.8, 4) is 6.07 Å². The Morgan fingerprint density at radius 3 is 2.47 bits per heavy atom. The van der Waals surface area contributed by atoms with Gasteiger partial charge < -0.3 is 4.74 Å². The van der Waals surface area contributed by atoms with E-state index in [0.717, 1.165) is 6.42 Å². The van der Waals surface area contributed by atoms with Gasteiger partial charge in [-0.1, -0.05) is 12.8 Å². The van der Waals surface area contributed by atoms with Crippen LogP contribution in [0.2, 0.25) is 0 Å². The largest absolute Gasteiger partial charge is 0.381 e. The third kappa shape index (κ3) is 3.20. The molecule has 2 saturated carbocycles. The third-order valence-corrected chi connectivity index (χ3v) is 4.45. The minimum atomic E-state index is 0.413. The van der Waals surface area contributed by atoms with Crippen molar-refractivity contribution in [2.45, 2.75) is 69.6 Å². The van der Waals surface area contributed by atoms with Crippen LogP contribution in [0, 0.1) is 11.3 Å². The Kier molecular flexibility index (Phi) is 4.82. The van der Waals surface area contributed by atoms with E-state index in [2.05, 4.69) is 11.0 Å². The van der Waals surface area contributed by atoms with Crippen molar-refractivity contribution >= 4 is 0 Å². The smallest absolute Gasteiger partial charge is 0.0870 e. The molecule has 2 rings (SSSR count). The number of hydrogen-bond donors (Lipinski definition) is 0. The van der Waals surface area contributed by atoms with Gasteiger partial charge in [-0.3, -0.25) is 4.90 Å². The van der Waals surface area contributed by atoms with E-state index in [-0.39, 0.29) is 0 Å². The molecule has 3 nitrogen and oxygen atoms in total. The molecule has 17 heavy (non-hydrogen) atoms. The molecule has 0 N–H and O–H groups in total. The lowest BCUT2D eigenvalue weighted by Gasteiger charge is -2.39. The fourth-order valence-corrected chi connectivity index (χ4v) is 3.51. The molecule has 0 amide bonds. The van der Waals surface area contributed by atoms with Crippen molar-refractivity contribution in [3.05, 3.63) is 0 Å². The van der Waals surface area contributed by atoms with Crippen LogP contribution in [0.4, 0.5) is 0 Å². The van der Waals surface area contributed by atoms with Crippen LogP contribution in [0.25, 0.3) is 0 Å². The molecule has 2 aliphatic rings. The summed E-state index contributed by atoms with van der Waals surface area (Å²) in [5, 5.41) is 9.03. The summed E-state index contributed by atoms with van der Waals surface area (Å²) in [7, 11) is 1.82. The molecule has 2 unspecified atom stereocenters. The van der Waals surface area contributed by atoms with E-state index < -0.39 is 0 Å². The van der Waals surface area contributed by atoms with Crippen LogP contribution in [0.5, 0.6) is 0 Å². The SMILES string of the molecule is COC1CCCC(N(CC#N)C2CCCC2)C1. The van der Waals surface area contributed by atoms with E-state index in [1.807, 2.05) is 7.11 Å². The normalized spacial score (nSPS) is 30.6. The lowest BCUT2D eigenvalue weighted by atomic mass is 9.90. The first-order chi connectivity index (χ1) is 8.35. The first-order valence-corrected chi connectivity index (χ1v) is 7.00. The van der Waals surface area contributed by atoms with Crippen molar-refractivity contribution in [1.29, 1.82) is 5.26 Å². The molecule has 2 fully saturated rings. The van der Waals surface area contributed by atoms with Gasteiger partial charge in [-0.25, -0.2) is 0 Å². The average Bonchev–Trinajstić information content (AvgIpc) is 2.89. The Bertz CT molecular complexity index is 268. The molecule has 0 spiro atoms. The molecule has 0 aromatic carbocycles. The Labute approximate surface area is 105 Å². The van der Waals surface area contributed by atoms with Gasteiger partial charge in [0.1, 0.15) is 0 Å². The molecule has 0 aromatic heterocycles. The first kappa shape index (κ1) is 12.9. The van der Waals surface area contributed by atoms with Crippen molar-refractivity contribution in [3.63, 3.8) is 0 Å². The first-order valence-electron chi connectivity index (χ1n) is 7.00. The van der Waals surface area contributed by atoms with E-state index in [9.17, 15) is 0 Å². The maximum atomic E-state index is 9.03. The molecule has 3 heteroatoms. The van der Waals surface area contributed by atoms with Crippen LogP contribution in [0.15, 0.2) is 0 Å². The molecule has 0 saturated heterocycles. The standard InChI is InChI=1S/C14H24N2O/c1-17-14-8-4-7-13(11-14)16(10-9-15)12-5-2-3-6-12/h12-14H,2-8,10-11H2,1H3. The van der Waals surface area contributed by atoms with E-state index in [4.69, 9.17) is 10.00 Å². The number of rotatable bonds is 4. The Hall–Kier alpha value is -0.590. The third-order valence-electron chi connectivity index (χ3n) is 4.45. The zero-order valence-corrected chi connectivity index (χ0v) is 10.9. The Morgan fingerprint density at radius 2 is 1.82 bits per heavy atom. The van der Waals surface area contributed by atoms with Gasteiger partial charge in [0.15, 0.2) is 0 Å².